The number of rotatable bonds is 6. The van der Waals surface area contributed by atoms with E-state index < -0.39 is 6.61 Å². The number of ether oxygens (including phenoxy) is 1. The van der Waals surface area contributed by atoms with Crippen LogP contribution in [0.2, 0.25) is 0 Å². The predicted molar refractivity (Wildman–Crippen MR) is 91.2 cm³/mol. The van der Waals surface area contributed by atoms with Gasteiger partial charge in [0, 0.05) is 25.7 Å². The molecule has 2 N–H and O–H groups in total. The van der Waals surface area contributed by atoms with E-state index in [4.69, 9.17) is 0 Å². The first-order chi connectivity index (χ1) is 12.0. The number of alkyl halides is 2. The van der Waals surface area contributed by atoms with Crippen LogP contribution in [0.3, 0.4) is 0 Å². The third-order valence-electron chi connectivity index (χ3n) is 3.55. The predicted octanol–water partition coefficient (Wildman–Crippen LogP) is 3.60. The summed E-state index contributed by atoms with van der Waals surface area (Å²) >= 11 is 0. The molecule has 0 radical (unpaired) electrons. The van der Waals surface area contributed by atoms with Crippen molar-refractivity contribution in [1.82, 2.24) is 10.6 Å². The average Bonchev–Trinajstić information content (AvgIpc) is 2.59. The monoisotopic (exact) mass is 351 g/mol. The van der Waals surface area contributed by atoms with Gasteiger partial charge in [-0.25, -0.2) is 4.39 Å². The molecule has 7 heteroatoms. The molecule has 2 rings (SSSR count). The molecule has 25 heavy (non-hydrogen) atoms. The first-order valence-electron chi connectivity index (χ1n) is 7.72. The van der Waals surface area contributed by atoms with Crippen molar-refractivity contribution >= 4 is 5.96 Å². The summed E-state index contributed by atoms with van der Waals surface area (Å²) in [6.07, 6.45) is 0. The summed E-state index contributed by atoms with van der Waals surface area (Å²) in [7, 11) is 1.59. The van der Waals surface area contributed by atoms with Gasteiger partial charge < -0.3 is 15.4 Å². The number of halogens is 3. The fourth-order valence-corrected chi connectivity index (χ4v) is 2.19. The zero-order valence-electron chi connectivity index (χ0n) is 14.0. The second kappa shape index (κ2) is 8.96. The fourth-order valence-electron chi connectivity index (χ4n) is 2.19. The SMILES string of the molecule is CN=C(NCc1ccc(C)c(F)c1)NCc1ccccc1OC(F)F. The Hall–Kier alpha value is -2.70. The van der Waals surface area contributed by atoms with Gasteiger partial charge in [0.15, 0.2) is 5.96 Å². The molecule has 0 heterocycles. The minimum absolute atomic E-state index is 0.112. The van der Waals surface area contributed by atoms with Crippen LogP contribution in [0.25, 0.3) is 0 Å². The van der Waals surface area contributed by atoms with Crippen LogP contribution in [-0.2, 0) is 13.1 Å². The van der Waals surface area contributed by atoms with Gasteiger partial charge in [-0.3, -0.25) is 4.99 Å². The Bertz CT molecular complexity index is 735. The number of aryl methyl sites for hydroxylation is 1. The Morgan fingerprint density at radius 1 is 1.12 bits per heavy atom. The lowest BCUT2D eigenvalue weighted by atomic mass is 10.1. The number of guanidine groups is 1. The minimum Gasteiger partial charge on any atom is -0.434 e. The third kappa shape index (κ3) is 5.70. The van der Waals surface area contributed by atoms with Crippen LogP contribution in [0.15, 0.2) is 47.5 Å². The van der Waals surface area contributed by atoms with E-state index in [2.05, 4.69) is 20.4 Å². The highest BCUT2D eigenvalue weighted by molar-refractivity contribution is 5.79. The number of benzene rings is 2. The number of aliphatic imine (C=N–C) groups is 1. The lowest BCUT2D eigenvalue weighted by Crippen LogP contribution is -2.36. The molecule has 0 aliphatic carbocycles. The Morgan fingerprint density at radius 2 is 1.84 bits per heavy atom. The third-order valence-corrected chi connectivity index (χ3v) is 3.55. The van der Waals surface area contributed by atoms with Gasteiger partial charge in [0.05, 0.1) is 0 Å². The maximum atomic E-state index is 13.6. The van der Waals surface area contributed by atoms with Crippen molar-refractivity contribution in [3.8, 4) is 5.75 Å². The van der Waals surface area contributed by atoms with Gasteiger partial charge in [0.2, 0.25) is 0 Å². The normalized spacial score (nSPS) is 11.5. The van der Waals surface area contributed by atoms with Crippen molar-refractivity contribution in [1.29, 1.82) is 0 Å². The van der Waals surface area contributed by atoms with Gasteiger partial charge in [0.25, 0.3) is 0 Å². The minimum atomic E-state index is -2.88. The molecule has 0 atom stereocenters. The van der Waals surface area contributed by atoms with Gasteiger partial charge in [-0.15, -0.1) is 0 Å². The van der Waals surface area contributed by atoms with Gasteiger partial charge in [-0.05, 0) is 30.2 Å². The molecule has 0 aromatic heterocycles. The van der Waals surface area contributed by atoms with Gasteiger partial charge in [-0.2, -0.15) is 8.78 Å². The van der Waals surface area contributed by atoms with E-state index in [-0.39, 0.29) is 18.1 Å². The van der Waals surface area contributed by atoms with E-state index in [1.165, 1.54) is 12.1 Å². The maximum absolute atomic E-state index is 13.6. The standard InChI is InChI=1S/C18H20F3N3O/c1-12-7-8-13(9-15(12)19)10-23-18(22-2)24-11-14-5-3-4-6-16(14)25-17(20)21/h3-9,17H,10-11H2,1-2H3,(H2,22,23,24). The summed E-state index contributed by atoms with van der Waals surface area (Å²) in [5.41, 5.74) is 1.93. The van der Waals surface area contributed by atoms with Crippen molar-refractivity contribution in [2.75, 3.05) is 7.05 Å². The fraction of sp³-hybridized carbons (Fsp3) is 0.278. The first-order valence-corrected chi connectivity index (χ1v) is 7.72. The molecule has 0 bridgehead atoms. The molecule has 4 nitrogen and oxygen atoms in total. The number of hydrogen-bond donors (Lipinski definition) is 2. The molecular formula is C18H20F3N3O. The van der Waals surface area contributed by atoms with E-state index >= 15 is 0 Å². The van der Waals surface area contributed by atoms with Crippen molar-refractivity contribution < 1.29 is 17.9 Å². The quantitative estimate of drug-likeness (QED) is 0.617. The van der Waals surface area contributed by atoms with Crippen LogP contribution in [0.4, 0.5) is 13.2 Å². The zero-order chi connectivity index (χ0) is 18.2. The zero-order valence-corrected chi connectivity index (χ0v) is 14.0. The Morgan fingerprint density at radius 3 is 2.52 bits per heavy atom. The Kier molecular flexibility index (Phi) is 6.68. The number of nitrogens with one attached hydrogen (secondary N) is 2. The van der Waals surface area contributed by atoms with E-state index in [0.29, 0.717) is 23.6 Å². The smallest absolute Gasteiger partial charge is 0.387 e. The molecule has 0 aliphatic rings. The second-order valence-electron chi connectivity index (χ2n) is 5.35. The summed E-state index contributed by atoms with van der Waals surface area (Å²) in [5, 5.41) is 6.06. The molecule has 0 unspecified atom stereocenters. The van der Waals surface area contributed by atoms with Crippen molar-refractivity contribution in [3.63, 3.8) is 0 Å². The second-order valence-corrected chi connectivity index (χ2v) is 5.35. The Balaban J connectivity index is 1.93. The molecule has 0 fully saturated rings. The average molecular weight is 351 g/mol. The van der Waals surface area contributed by atoms with Crippen molar-refractivity contribution in [2.24, 2.45) is 4.99 Å². The number of para-hydroxylation sites is 1. The molecule has 2 aromatic rings. The summed E-state index contributed by atoms with van der Waals surface area (Å²) in [4.78, 5) is 4.06. The van der Waals surface area contributed by atoms with Crippen LogP contribution >= 0.6 is 0 Å². The Labute approximate surface area is 144 Å². The van der Waals surface area contributed by atoms with Crippen LogP contribution in [0.5, 0.6) is 5.75 Å². The summed E-state index contributed by atoms with van der Waals surface area (Å²) in [6.45, 7) is -0.543. The molecule has 0 saturated carbocycles. The van der Waals surface area contributed by atoms with Gasteiger partial charge in [0.1, 0.15) is 11.6 Å². The van der Waals surface area contributed by atoms with Crippen molar-refractivity contribution in [3.05, 3.63) is 65.0 Å². The van der Waals surface area contributed by atoms with E-state index in [1.807, 2.05) is 6.07 Å². The highest BCUT2D eigenvalue weighted by Crippen LogP contribution is 2.19. The number of nitrogens with zero attached hydrogens (tertiary/aromatic N) is 1. The van der Waals surface area contributed by atoms with Gasteiger partial charge >= 0.3 is 6.61 Å². The summed E-state index contributed by atoms with van der Waals surface area (Å²) in [5.74, 6) is 0.314. The molecular weight excluding hydrogens is 331 g/mol. The summed E-state index contributed by atoms with van der Waals surface area (Å²) in [6, 6.07) is 11.5. The maximum Gasteiger partial charge on any atom is 0.387 e. The molecule has 0 amide bonds. The number of hydrogen-bond acceptors (Lipinski definition) is 2. The highest BCUT2D eigenvalue weighted by atomic mass is 19.3. The van der Waals surface area contributed by atoms with Crippen LogP contribution in [0, 0.1) is 12.7 Å². The lowest BCUT2D eigenvalue weighted by Gasteiger charge is -2.14. The largest absolute Gasteiger partial charge is 0.434 e. The molecule has 0 spiro atoms. The lowest BCUT2D eigenvalue weighted by molar-refractivity contribution is -0.0504. The van der Waals surface area contributed by atoms with Crippen LogP contribution in [0.1, 0.15) is 16.7 Å². The topological polar surface area (TPSA) is 45.7 Å². The van der Waals surface area contributed by atoms with E-state index in [0.717, 1.165) is 5.56 Å². The first kappa shape index (κ1) is 18.6. The highest BCUT2D eigenvalue weighted by Gasteiger charge is 2.09. The van der Waals surface area contributed by atoms with Gasteiger partial charge in [-0.1, -0.05) is 30.3 Å². The van der Waals surface area contributed by atoms with Crippen LogP contribution < -0.4 is 15.4 Å². The molecule has 0 saturated heterocycles. The van der Waals surface area contributed by atoms with E-state index in [9.17, 15) is 13.2 Å². The van der Waals surface area contributed by atoms with Crippen LogP contribution in [-0.4, -0.2) is 19.6 Å². The molecule has 134 valence electrons. The van der Waals surface area contributed by atoms with E-state index in [1.54, 1.807) is 38.2 Å². The summed E-state index contributed by atoms with van der Waals surface area (Å²) < 4.78 is 42.9. The van der Waals surface area contributed by atoms with Crippen molar-refractivity contribution in [2.45, 2.75) is 26.6 Å². The molecule has 2 aromatic carbocycles. The molecule has 0 aliphatic heterocycles.